The molecule has 2 aromatic carbocycles. The van der Waals surface area contributed by atoms with Crippen molar-refractivity contribution >= 4 is 12.2 Å². The molecular formula is C21H22N2O. The van der Waals surface area contributed by atoms with E-state index in [0.717, 1.165) is 23.4 Å². The van der Waals surface area contributed by atoms with E-state index in [2.05, 4.69) is 60.5 Å². The summed E-state index contributed by atoms with van der Waals surface area (Å²) in [5.74, 6) is 0.877. The molecule has 0 spiro atoms. The lowest BCUT2D eigenvalue weighted by atomic mass is 10.1. The second-order valence-electron chi connectivity index (χ2n) is 5.55. The van der Waals surface area contributed by atoms with Crippen molar-refractivity contribution in [2.24, 2.45) is 0 Å². The van der Waals surface area contributed by atoms with Gasteiger partial charge in [0.25, 0.3) is 0 Å². The van der Waals surface area contributed by atoms with Gasteiger partial charge in [0.1, 0.15) is 5.75 Å². The van der Waals surface area contributed by atoms with Crippen LogP contribution in [-0.4, -0.2) is 16.2 Å². The van der Waals surface area contributed by atoms with Gasteiger partial charge in [0, 0.05) is 18.0 Å². The Morgan fingerprint density at radius 1 is 1.04 bits per heavy atom. The number of ether oxygens (including phenoxy) is 1. The first-order chi connectivity index (χ1) is 11.8. The Labute approximate surface area is 143 Å². The molecule has 3 aromatic rings. The number of imidazole rings is 1. The summed E-state index contributed by atoms with van der Waals surface area (Å²) >= 11 is 0. The normalized spacial score (nSPS) is 11.1. The van der Waals surface area contributed by atoms with E-state index < -0.39 is 0 Å². The molecule has 0 saturated heterocycles. The van der Waals surface area contributed by atoms with Gasteiger partial charge in [-0.1, -0.05) is 43.3 Å². The summed E-state index contributed by atoms with van der Waals surface area (Å²) in [4.78, 5) is 4.14. The quantitative estimate of drug-likeness (QED) is 0.598. The first-order valence-electron chi connectivity index (χ1n) is 8.32. The zero-order chi connectivity index (χ0) is 16.8. The van der Waals surface area contributed by atoms with Crippen LogP contribution in [-0.2, 0) is 6.42 Å². The molecule has 3 rings (SSSR count). The van der Waals surface area contributed by atoms with Crippen molar-refractivity contribution in [1.29, 1.82) is 0 Å². The summed E-state index contributed by atoms with van der Waals surface area (Å²) < 4.78 is 7.65. The van der Waals surface area contributed by atoms with Crippen molar-refractivity contribution in [1.82, 2.24) is 9.55 Å². The molecule has 0 N–H and O–H groups in total. The van der Waals surface area contributed by atoms with Crippen LogP contribution in [0, 0.1) is 0 Å². The lowest BCUT2D eigenvalue weighted by Crippen LogP contribution is -1.97. The van der Waals surface area contributed by atoms with Gasteiger partial charge in [0.15, 0.2) is 0 Å². The van der Waals surface area contributed by atoms with E-state index in [-0.39, 0.29) is 0 Å². The van der Waals surface area contributed by atoms with Crippen LogP contribution in [0.25, 0.3) is 17.8 Å². The van der Waals surface area contributed by atoms with Gasteiger partial charge in [-0.2, -0.15) is 0 Å². The number of benzene rings is 2. The van der Waals surface area contributed by atoms with Crippen LogP contribution in [0.15, 0.2) is 61.2 Å². The van der Waals surface area contributed by atoms with Gasteiger partial charge in [-0.3, -0.25) is 0 Å². The van der Waals surface area contributed by atoms with E-state index in [9.17, 15) is 0 Å². The molecule has 0 fully saturated rings. The zero-order valence-corrected chi connectivity index (χ0v) is 14.1. The number of nitrogens with zero attached hydrogens (tertiary/aromatic N) is 2. The molecule has 24 heavy (non-hydrogen) atoms. The first kappa shape index (κ1) is 16.1. The van der Waals surface area contributed by atoms with Gasteiger partial charge >= 0.3 is 0 Å². The Hall–Kier alpha value is -2.81. The Morgan fingerprint density at radius 2 is 1.88 bits per heavy atom. The van der Waals surface area contributed by atoms with Gasteiger partial charge in [-0.15, -0.1) is 0 Å². The lowest BCUT2D eigenvalue weighted by Gasteiger charge is -2.10. The average molecular weight is 318 g/mol. The maximum atomic E-state index is 5.64. The summed E-state index contributed by atoms with van der Waals surface area (Å²) in [7, 11) is 0. The SMILES string of the molecule is CCOc1ccc(-n2ccnc2)c(/C=C\c2ccc(CC)cc2)c1. The topological polar surface area (TPSA) is 27.1 Å². The van der Waals surface area contributed by atoms with Crippen molar-refractivity contribution in [2.45, 2.75) is 20.3 Å². The smallest absolute Gasteiger partial charge is 0.120 e. The third kappa shape index (κ3) is 3.74. The highest BCUT2D eigenvalue weighted by Crippen LogP contribution is 2.23. The molecular weight excluding hydrogens is 296 g/mol. The fraction of sp³-hybridized carbons (Fsp3) is 0.190. The summed E-state index contributed by atoms with van der Waals surface area (Å²) in [5, 5.41) is 0. The monoisotopic (exact) mass is 318 g/mol. The van der Waals surface area contributed by atoms with Crippen LogP contribution in [0.3, 0.4) is 0 Å². The molecule has 3 heteroatoms. The van der Waals surface area contributed by atoms with Crippen LogP contribution in [0.4, 0.5) is 0 Å². The van der Waals surface area contributed by atoms with Crippen LogP contribution in [0.5, 0.6) is 5.75 Å². The molecule has 0 aliphatic heterocycles. The standard InChI is InChI=1S/C21H22N2O/c1-3-17-5-7-18(8-6-17)9-10-19-15-20(24-4-2)11-12-21(19)23-14-13-22-16-23/h5-16H,3-4H2,1-2H3/b10-9-. The van der Waals surface area contributed by atoms with E-state index in [1.54, 1.807) is 6.20 Å². The predicted octanol–water partition coefficient (Wildman–Crippen LogP) is 5.00. The molecule has 0 aliphatic carbocycles. The van der Waals surface area contributed by atoms with Crippen molar-refractivity contribution in [3.63, 3.8) is 0 Å². The van der Waals surface area contributed by atoms with Gasteiger partial charge in [-0.25, -0.2) is 4.98 Å². The highest BCUT2D eigenvalue weighted by Gasteiger charge is 2.04. The molecule has 0 bridgehead atoms. The third-order valence-corrected chi connectivity index (χ3v) is 3.94. The van der Waals surface area contributed by atoms with Gasteiger partial charge in [-0.05, 0) is 42.7 Å². The maximum Gasteiger partial charge on any atom is 0.120 e. The summed E-state index contributed by atoms with van der Waals surface area (Å²) in [5.41, 5.74) is 4.71. The van der Waals surface area contributed by atoms with Crippen molar-refractivity contribution in [3.8, 4) is 11.4 Å². The zero-order valence-electron chi connectivity index (χ0n) is 14.1. The minimum atomic E-state index is 0.659. The van der Waals surface area contributed by atoms with Gasteiger partial charge < -0.3 is 9.30 Å². The van der Waals surface area contributed by atoms with Crippen LogP contribution >= 0.6 is 0 Å². The van der Waals surface area contributed by atoms with Crippen molar-refractivity contribution in [2.75, 3.05) is 6.61 Å². The molecule has 1 aromatic heterocycles. The van der Waals surface area contributed by atoms with Crippen molar-refractivity contribution < 1.29 is 4.74 Å². The predicted molar refractivity (Wildman–Crippen MR) is 99.5 cm³/mol. The second kappa shape index (κ2) is 7.64. The van der Waals surface area contributed by atoms with Crippen molar-refractivity contribution in [3.05, 3.63) is 77.9 Å². The van der Waals surface area contributed by atoms with E-state index in [1.807, 2.05) is 30.1 Å². The van der Waals surface area contributed by atoms with Crippen LogP contribution in [0.1, 0.15) is 30.5 Å². The Morgan fingerprint density at radius 3 is 2.54 bits per heavy atom. The summed E-state index contributed by atoms with van der Waals surface area (Å²) in [6.45, 7) is 4.82. The highest BCUT2D eigenvalue weighted by atomic mass is 16.5. The summed E-state index contributed by atoms with van der Waals surface area (Å²) in [6, 6.07) is 14.8. The molecule has 0 atom stereocenters. The minimum Gasteiger partial charge on any atom is -0.494 e. The molecule has 3 nitrogen and oxygen atoms in total. The number of hydrogen-bond donors (Lipinski definition) is 0. The first-order valence-corrected chi connectivity index (χ1v) is 8.32. The molecule has 0 amide bonds. The van der Waals surface area contributed by atoms with E-state index in [0.29, 0.717) is 6.61 Å². The minimum absolute atomic E-state index is 0.659. The largest absolute Gasteiger partial charge is 0.494 e. The van der Waals surface area contributed by atoms with Crippen LogP contribution in [0.2, 0.25) is 0 Å². The Bertz CT molecular complexity index is 802. The number of aromatic nitrogens is 2. The maximum absolute atomic E-state index is 5.64. The van der Waals surface area contributed by atoms with Gasteiger partial charge in [0.05, 0.1) is 18.6 Å². The lowest BCUT2D eigenvalue weighted by molar-refractivity contribution is 0.340. The molecule has 1 heterocycles. The fourth-order valence-corrected chi connectivity index (χ4v) is 2.61. The van der Waals surface area contributed by atoms with E-state index in [1.165, 1.54) is 11.1 Å². The van der Waals surface area contributed by atoms with Gasteiger partial charge in [0.2, 0.25) is 0 Å². The average Bonchev–Trinajstić information content (AvgIpc) is 3.15. The Balaban J connectivity index is 1.94. The van der Waals surface area contributed by atoms with E-state index in [4.69, 9.17) is 4.74 Å². The second-order valence-corrected chi connectivity index (χ2v) is 5.55. The number of aryl methyl sites for hydroxylation is 1. The van der Waals surface area contributed by atoms with E-state index >= 15 is 0 Å². The fourth-order valence-electron chi connectivity index (χ4n) is 2.61. The number of rotatable bonds is 6. The third-order valence-electron chi connectivity index (χ3n) is 3.94. The molecule has 122 valence electrons. The van der Waals surface area contributed by atoms with Crippen LogP contribution < -0.4 is 4.74 Å². The molecule has 0 aliphatic rings. The molecule has 0 radical (unpaired) electrons. The summed E-state index contributed by atoms with van der Waals surface area (Å²) in [6.07, 6.45) is 10.9. The number of hydrogen-bond acceptors (Lipinski definition) is 2. The molecule has 0 saturated carbocycles. The highest BCUT2D eigenvalue weighted by molar-refractivity contribution is 5.74. The molecule has 0 unspecified atom stereocenters. The Kier molecular flexibility index (Phi) is 5.12.